The number of thioether (sulfide) groups is 1. The average molecular weight is 430 g/mol. The molecule has 0 spiro atoms. The lowest BCUT2D eigenvalue weighted by atomic mass is 10.2. The van der Waals surface area contributed by atoms with E-state index in [1.165, 1.54) is 11.8 Å². The molecule has 0 N–H and O–H groups in total. The van der Waals surface area contributed by atoms with Gasteiger partial charge in [-0.3, -0.25) is 9.36 Å². The second-order valence-corrected chi connectivity index (χ2v) is 8.22. The number of furan rings is 1. The van der Waals surface area contributed by atoms with E-state index in [-0.39, 0.29) is 11.9 Å². The van der Waals surface area contributed by atoms with Crippen LogP contribution < -0.4 is 4.90 Å². The number of ether oxygens (including phenoxy) is 1. The second kappa shape index (κ2) is 9.09. The smallest absolute Gasteiger partial charge is 0.233 e. The van der Waals surface area contributed by atoms with Crippen LogP contribution >= 0.6 is 11.8 Å². The molecular weight excluding hydrogens is 402 g/mol. The summed E-state index contributed by atoms with van der Waals surface area (Å²) >= 11 is 1.42. The lowest BCUT2D eigenvalue weighted by Crippen LogP contribution is -2.38. The van der Waals surface area contributed by atoms with Gasteiger partial charge in [0, 0.05) is 32.1 Å². The monoisotopic (exact) mass is 429 g/mol. The Kier molecular flexibility index (Phi) is 6.29. The Morgan fingerprint density at radius 2 is 2.03 bits per heavy atom. The SMILES string of the molecule is CCn1c(SCC(=O)N(C)C(C)c2cc3ccccc3o2)nnc1N1CCOCC1. The van der Waals surface area contributed by atoms with Gasteiger partial charge in [0.2, 0.25) is 11.9 Å². The zero-order valence-electron chi connectivity index (χ0n) is 17.6. The average Bonchev–Trinajstić information content (AvgIpc) is 3.40. The van der Waals surface area contributed by atoms with Crippen LogP contribution in [-0.4, -0.2) is 64.7 Å². The summed E-state index contributed by atoms with van der Waals surface area (Å²) in [4.78, 5) is 16.7. The summed E-state index contributed by atoms with van der Waals surface area (Å²) in [6, 6.07) is 9.72. The molecule has 0 radical (unpaired) electrons. The summed E-state index contributed by atoms with van der Waals surface area (Å²) in [5, 5.41) is 10.5. The Labute approximate surface area is 180 Å². The second-order valence-electron chi connectivity index (χ2n) is 7.28. The van der Waals surface area contributed by atoms with Crippen LogP contribution in [0.5, 0.6) is 0 Å². The molecular formula is C21H27N5O3S. The number of hydrogen-bond donors (Lipinski definition) is 0. The fourth-order valence-electron chi connectivity index (χ4n) is 3.51. The number of fused-ring (bicyclic) bond motifs is 1. The van der Waals surface area contributed by atoms with Gasteiger partial charge in [-0.15, -0.1) is 10.2 Å². The van der Waals surface area contributed by atoms with E-state index >= 15 is 0 Å². The van der Waals surface area contributed by atoms with Gasteiger partial charge in [0.05, 0.1) is 25.0 Å². The van der Waals surface area contributed by atoms with Gasteiger partial charge >= 0.3 is 0 Å². The third-order valence-electron chi connectivity index (χ3n) is 5.46. The van der Waals surface area contributed by atoms with Crippen LogP contribution in [0.15, 0.2) is 39.9 Å². The van der Waals surface area contributed by atoms with E-state index in [1.807, 2.05) is 44.3 Å². The Balaban J connectivity index is 1.40. The molecule has 1 aliphatic heterocycles. The molecule has 8 nitrogen and oxygen atoms in total. The number of aromatic nitrogens is 3. The largest absolute Gasteiger partial charge is 0.459 e. The van der Waals surface area contributed by atoms with E-state index in [2.05, 4.69) is 26.6 Å². The van der Waals surface area contributed by atoms with Gasteiger partial charge in [-0.2, -0.15) is 0 Å². The van der Waals surface area contributed by atoms with Crippen molar-refractivity contribution in [2.24, 2.45) is 0 Å². The van der Waals surface area contributed by atoms with Crippen LogP contribution in [0, 0.1) is 0 Å². The van der Waals surface area contributed by atoms with Crippen molar-refractivity contribution in [1.82, 2.24) is 19.7 Å². The first-order valence-electron chi connectivity index (χ1n) is 10.2. The van der Waals surface area contributed by atoms with Crippen LogP contribution in [0.2, 0.25) is 0 Å². The van der Waals surface area contributed by atoms with Crippen molar-refractivity contribution in [2.75, 3.05) is 44.0 Å². The molecule has 2 aromatic heterocycles. The molecule has 160 valence electrons. The first-order valence-corrected chi connectivity index (χ1v) is 11.2. The van der Waals surface area contributed by atoms with Crippen LogP contribution in [0.25, 0.3) is 11.0 Å². The molecule has 0 aliphatic carbocycles. The van der Waals surface area contributed by atoms with Crippen molar-refractivity contribution in [1.29, 1.82) is 0 Å². The number of carbonyl (C=O) groups is 1. The highest BCUT2D eigenvalue weighted by molar-refractivity contribution is 7.99. The quantitative estimate of drug-likeness (QED) is 0.534. The first kappa shape index (κ1) is 20.7. The van der Waals surface area contributed by atoms with Gasteiger partial charge in [-0.1, -0.05) is 30.0 Å². The van der Waals surface area contributed by atoms with Gasteiger partial charge in [0.25, 0.3) is 0 Å². The van der Waals surface area contributed by atoms with Gasteiger partial charge in [0.1, 0.15) is 11.3 Å². The molecule has 1 atom stereocenters. The Hall–Kier alpha value is -2.52. The molecule has 1 aromatic carbocycles. The number of rotatable bonds is 7. The fraction of sp³-hybridized carbons (Fsp3) is 0.476. The van der Waals surface area contributed by atoms with E-state index in [4.69, 9.17) is 9.15 Å². The highest BCUT2D eigenvalue weighted by Crippen LogP contribution is 2.28. The summed E-state index contributed by atoms with van der Waals surface area (Å²) in [5.41, 5.74) is 0.835. The summed E-state index contributed by atoms with van der Waals surface area (Å²) in [5.74, 6) is 1.94. The number of morpholine rings is 1. The number of anilines is 1. The summed E-state index contributed by atoms with van der Waals surface area (Å²) in [7, 11) is 1.81. The number of para-hydroxylation sites is 1. The lowest BCUT2D eigenvalue weighted by molar-refractivity contribution is -0.129. The van der Waals surface area contributed by atoms with Crippen LogP contribution in [0.4, 0.5) is 5.95 Å². The van der Waals surface area contributed by atoms with Crippen molar-refractivity contribution in [2.45, 2.75) is 31.6 Å². The molecule has 1 amide bonds. The van der Waals surface area contributed by atoms with Gasteiger partial charge in [-0.25, -0.2) is 0 Å². The normalized spacial score (nSPS) is 15.5. The topological polar surface area (TPSA) is 76.6 Å². The van der Waals surface area contributed by atoms with Crippen LogP contribution in [0.1, 0.15) is 25.6 Å². The maximum atomic E-state index is 12.8. The maximum Gasteiger partial charge on any atom is 0.233 e. The van der Waals surface area contributed by atoms with E-state index in [1.54, 1.807) is 4.90 Å². The van der Waals surface area contributed by atoms with Crippen molar-refractivity contribution < 1.29 is 13.9 Å². The van der Waals surface area contributed by atoms with E-state index in [9.17, 15) is 4.79 Å². The molecule has 1 saturated heterocycles. The zero-order valence-corrected chi connectivity index (χ0v) is 18.4. The number of nitrogens with zero attached hydrogens (tertiary/aromatic N) is 5. The van der Waals surface area contributed by atoms with E-state index < -0.39 is 0 Å². The summed E-state index contributed by atoms with van der Waals surface area (Å²) in [6.45, 7) is 7.80. The summed E-state index contributed by atoms with van der Waals surface area (Å²) < 4.78 is 13.4. The molecule has 0 saturated carbocycles. The van der Waals surface area contributed by atoms with Gasteiger partial charge in [0.15, 0.2) is 5.16 Å². The van der Waals surface area contributed by atoms with Crippen LogP contribution in [-0.2, 0) is 16.1 Å². The number of benzene rings is 1. The molecule has 30 heavy (non-hydrogen) atoms. The summed E-state index contributed by atoms with van der Waals surface area (Å²) in [6.07, 6.45) is 0. The molecule has 9 heteroatoms. The first-order chi connectivity index (χ1) is 14.6. The van der Waals surface area contributed by atoms with Crippen molar-refractivity contribution in [3.63, 3.8) is 0 Å². The Morgan fingerprint density at radius 3 is 2.77 bits per heavy atom. The van der Waals surface area contributed by atoms with Crippen LogP contribution in [0.3, 0.4) is 0 Å². The minimum atomic E-state index is -0.154. The molecule has 1 aliphatic rings. The number of amides is 1. The van der Waals surface area contributed by atoms with Crippen molar-refractivity contribution in [3.05, 3.63) is 36.1 Å². The van der Waals surface area contributed by atoms with E-state index in [0.717, 1.165) is 47.5 Å². The predicted molar refractivity (Wildman–Crippen MR) is 117 cm³/mol. The molecule has 3 aromatic rings. The zero-order chi connectivity index (χ0) is 21.1. The Morgan fingerprint density at radius 1 is 1.27 bits per heavy atom. The highest BCUT2D eigenvalue weighted by Gasteiger charge is 2.23. The maximum absolute atomic E-state index is 12.8. The molecule has 4 rings (SSSR count). The molecule has 1 fully saturated rings. The third kappa shape index (κ3) is 4.17. The predicted octanol–water partition coefficient (Wildman–Crippen LogP) is 3.19. The molecule has 3 heterocycles. The third-order valence-corrected chi connectivity index (χ3v) is 6.41. The van der Waals surface area contributed by atoms with Gasteiger partial charge < -0.3 is 19.0 Å². The van der Waals surface area contributed by atoms with Gasteiger partial charge in [-0.05, 0) is 26.0 Å². The van der Waals surface area contributed by atoms with E-state index in [0.29, 0.717) is 19.0 Å². The standard InChI is InChI=1S/C21H27N5O3S/c1-4-26-20(25-9-11-28-12-10-25)22-23-21(26)30-14-19(27)24(3)15(2)18-13-16-7-5-6-8-17(16)29-18/h5-8,13,15H,4,9-12,14H2,1-3H3. The highest BCUT2D eigenvalue weighted by atomic mass is 32.2. The Bertz CT molecular complexity index is 978. The molecule has 1 unspecified atom stereocenters. The minimum absolute atomic E-state index is 0.0199. The fourth-order valence-corrected chi connectivity index (χ4v) is 4.43. The number of carbonyl (C=O) groups excluding carboxylic acids is 1. The molecule has 0 bridgehead atoms. The van der Waals surface area contributed by atoms with Crippen molar-refractivity contribution in [3.8, 4) is 0 Å². The number of hydrogen-bond acceptors (Lipinski definition) is 7. The van der Waals surface area contributed by atoms with Crippen molar-refractivity contribution >= 4 is 34.6 Å². The minimum Gasteiger partial charge on any atom is -0.459 e. The lowest BCUT2D eigenvalue weighted by Gasteiger charge is -2.27.